The fourth-order valence-corrected chi connectivity index (χ4v) is 5.76. The van der Waals surface area contributed by atoms with Crippen LogP contribution in [0.2, 0.25) is 0 Å². The second-order valence-corrected chi connectivity index (χ2v) is 9.71. The minimum Gasteiger partial charge on any atom is -0.496 e. The number of methoxy groups -OCH3 is 1. The lowest BCUT2D eigenvalue weighted by Crippen LogP contribution is -2.42. The Labute approximate surface area is 202 Å². The number of carbonyl (C=O) groups excluding carboxylic acids is 1. The molecular weight excluding hydrogens is 422 g/mol. The van der Waals surface area contributed by atoms with E-state index >= 15 is 0 Å². The monoisotopic (exact) mass is 457 g/mol. The largest absolute Gasteiger partial charge is 0.496 e. The van der Waals surface area contributed by atoms with Crippen LogP contribution in [0.25, 0.3) is 10.8 Å². The van der Waals surface area contributed by atoms with E-state index < -0.39 is 0 Å². The van der Waals surface area contributed by atoms with E-state index in [4.69, 9.17) is 4.74 Å². The summed E-state index contributed by atoms with van der Waals surface area (Å²) < 4.78 is 5.88. The molecule has 1 aliphatic heterocycles. The summed E-state index contributed by atoms with van der Waals surface area (Å²) in [7, 11) is 1.78. The van der Waals surface area contributed by atoms with Crippen molar-refractivity contribution < 1.29 is 9.53 Å². The van der Waals surface area contributed by atoms with E-state index in [1.165, 1.54) is 22.8 Å². The average Bonchev–Trinajstić information content (AvgIpc) is 3.38. The van der Waals surface area contributed by atoms with Crippen molar-refractivity contribution in [1.82, 2.24) is 9.88 Å². The highest BCUT2D eigenvalue weighted by atomic mass is 16.5. The summed E-state index contributed by atoms with van der Waals surface area (Å²) in [5, 5.41) is 2.39. The molecule has 1 atom stereocenters. The van der Waals surface area contributed by atoms with Gasteiger partial charge in [-0.3, -0.25) is 9.69 Å². The van der Waals surface area contributed by atoms with Gasteiger partial charge in [-0.15, -0.1) is 0 Å². The first-order chi connectivity index (χ1) is 16.7. The van der Waals surface area contributed by atoms with Gasteiger partial charge >= 0.3 is 0 Å². The molecule has 1 aliphatic carbocycles. The molecule has 2 aromatic carbocycles. The van der Waals surface area contributed by atoms with Crippen molar-refractivity contribution >= 4 is 22.5 Å². The Morgan fingerprint density at radius 2 is 1.85 bits per heavy atom. The zero-order valence-corrected chi connectivity index (χ0v) is 20.2. The fraction of sp³-hybridized carbons (Fsp3) is 0.448. The maximum atomic E-state index is 13.4. The molecule has 2 heterocycles. The van der Waals surface area contributed by atoms with Crippen LogP contribution in [0.1, 0.15) is 50.0 Å². The first-order valence-electron chi connectivity index (χ1n) is 12.7. The average molecular weight is 458 g/mol. The molecule has 5 rings (SSSR count). The number of hydrogen-bond donors (Lipinski definition) is 0. The number of aromatic nitrogens is 1. The molecule has 2 aliphatic rings. The molecule has 3 aromatic rings. The summed E-state index contributed by atoms with van der Waals surface area (Å²) in [5.74, 6) is 2.63. The molecule has 0 N–H and O–H groups in total. The number of likely N-dealkylation sites (tertiary alicyclic amines) is 1. The molecule has 1 aromatic heterocycles. The molecule has 1 amide bonds. The maximum absolute atomic E-state index is 13.4. The van der Waals surface area contributed by atoms with E-state index in [0.29, 0.717) is 12.5 Å². The Morgan fingerprint density at radius 3 is 2.65 bits per heavy atom. The van der Waals surface area contributed by atoms with Gasteiger partial charge in [0.15, 0.2) is 0 Å². The fourth-order valence-electron chi connectivity index (χ4n) is 5.76. The molecule has 178 valence electrons. The molecule has 1 saturated carbocycles. The van der Waals surface area contributed by atoms with Crippen LogP contribution in [-0.2, 0) is 4.79 Å². The molecule has 34 heavy (non-hydrogen) atoms. The number of amides is 1. The Morgan fingerprint density at radius 1 is 1.03 bits per heavy atom. The third kappa shape index (κ3) is 4.80. The third-order valence-electron chi connectivity index (χ3n) is 7.61. The van der Waals surface area contributed by atoms with Gasteiger partial charge in [0.2, 0.25) is 5.91 Å². The van der Waals surface area contributed by atoms with Gasteiger partial charge in [-0.2, -0.15) is 0 Å². The molecule has 0 radical (unpaired) electrons. The smallest absolute Gasteiger partial charge is 0.231 e. The number of rotatable bonds is 7. The normalized spacial score (nSPS) is 19.4. The molecule has 2 fully saturated rings. The van der Waals surface area contributed by atoms with E-state index in [2.05, 4.69) is 46.3 Å². The van der Waals surface area contributed by atoms with Crippen molar-refractivity contribution in [3.63, 3.8) is 0 Å². The summed E-state index contributed by atoms with van der Waals surface area (Å²) in [6, 6.07) is 18.7. The molecule has 5 heteroatoms. The molecule has 0 bridgehead atoms. The summed E-state index contributed by atoms with van der Waals surface area (Å²) in [6.45, 7) is 3.58. The highest BCUT2D eigenvalue weighted by molar-refractivity contribution is 5.94. The molecular formula is C29H35N3O2. The van der Waals surface area contributed by atoms with Crippen LogP contribution in [-0.4, -0.2) is 49.1 Å². The van der Waals surface area contributed by atoms with Crippen LogP contribution in [0.5, 0.6) is 5.75 Å². The van der Waals surface area contributed by atoms with Crippen LogP contribution in [0, 0.1) is 5.92 Å². The Balaban J connectivity index is 1.28. The van der Waals surface area contributed by atoms with Crippen molar-refractivity contribution in [2.75, 3.05) is 38.2 Å². The van der Waals surface area contributed by atoms with Gasteiger partial charge in [-0.25, -0.2) is 4.98 Å². The van der Waals surface area contributed by atoms with Crippen LogP contribution < -0.4 is 9.64 Å². The van der Waals surface area contributed by atoms with E-state index in [1.807, 2.05) is 23.1 Å². The predicted octanol–water partition coefficient (Wildman–Crippen LogP) is 5.65. The number of anilines is 1. The minimum atomic E-state index is 0.143. The lowest BCUT2D eigenvalue weighted by atomic mass is 9.88. The second kappa shape index (κ2) is 10.6. The first-order valence-corrected chi connectivity index (χ1v) is 12.7. The summed E-state index contributed by atoms with van der Waals surface area (Å²) >= 11 is 0. The lowest BCUT2D eigenvalue weighted by molar-refractivity contribution is -0.123. The summed E-state index contributed by atoms with van der Waals surface area (Å²) in [5.41, 5.74) is 1.29. The summed E-state index contributed by atoms with van der Waals surface area (Å²) in [4.78, 5) is 22.4. The van der Waals surface area contributed by atoms with Crippen molar-refractivity contribution in [2.24, 2.45) is 5.92 Å². The van der Waals surface area contributed by atoms with Crippen molar-refractivity contribution in [3.05, 3.63) is 66.4 Å². The number of hydrogen-bond acceptors (Lipinski definition) is 4. The highest BCUT2D eigenvalue weighted by Gasteiger charge is 2.30. The van der Waals surface area contributed by atoms with E-state index in [0.717, 1.165) is 63.3 Å². The molecule has 1 saturated heterocycles. The zero-order chi connectivity index (χ0) is 23.3. The lowest BCUT2D eigenvalue weighted by Gasteiger charge is -2.30. The van der Waals surface area contributed by atoms with Crippen LogP contribution in [0.15, 0.2) is 60.8 Å². The topological polar surface area (TPSA) is 45.7 Å². The number of pyridine rings is 1. The number of benzene rings is 2. The quantitative estimate of drug-likeness (QED) is 0.460. The zero-order valence-electron chi connectivity index (χ0n) is 20.2. The van der Waals surface area contributed by atoms with Crippen molar-refractivity contribution in [1.29, 1.82) is 0 Å². The molecule has 5 nitrogen and oxygen atoms in total. The standard InChI is InChI=1S/C29H35N3O2/c1-34-28-25-12-6-5-9-22(25)14-15-26(28)24-16-18-31(21-24)19-20-32(27-13-7-8-17-30-27)29(33)23-10-3-2-4-11-23/h5-9,12-15,17,23-24H,2-4,10-11,16,18-21H2,1H3. The number of carbonyl (C=O) groups is 1. The van der Waals surface area contributed by atoms with Gasteiger partial charge < -0.3 is 9.64 Å². The third-order valence-corrected chi connectivity index (χ3v) is 7.61. The number of ether oxygens (including phenoxy) is 1. The van der Waals surface area contributed by atoms with Gasteiger partial charge in [-0.05, 0) is 48.9 Å². The van der Waals surface area contributed by atoms with Crippen LogP contribution in [0.4, 0.5) is 5.82 Å². The van der Waals surface area contributed by atoms with Crippen molar-refractivity contribution in [2.45, 2.75) is 44.4 Å². The predicted molar refractivity (Wildman–Crippen MR) is 137 cm³/mol. The van der Waals surface area contributed by atoms with Gasteiger partial charge in [0.1, 0.15) is 11.6 Å². The van der Waals surface area contributed by atoms with E-state index in [9.17, 15) is 4.79 Å². The van der Waals surface area contributed by atoms with Gasteiger partial charge in [0.05, 0.1) is 7.11 Å². The molecule has 0 spiro atoms. The Bertz CT molecular complexity index is 1110. The number of nitrogens with zero attached hydrogens (tertiary/aromatic N) is 3. The Hall–Kier alpha value is -2.92. The SMILES string of the molecule is COc1c(C2CCN(CCN(C(=O)C3CCCCC3)c3ccccn3)C2)ccc2ccccc12. The minimum absolute atomic E-state index is 0.143. The first kappa shape index (κ1) is 22.9. The van der Waals surface area contributed by atoms with Gasteiger partial charge in [-0.1, -0.05) is 61.7 Å². The van der Waals surface area contributed by atoms with Crippen LogP contribution in [0.3, 0.4) is 0 Å². The van der Waals surface area contributed by atoms with E-state index in [1.54, 1.807) is 13.3 Å². The number of fused-ring (bicyclic) bond motifs is 1. The van der Waals surface area contributed by atoms with Gasteiger partial charge in [0.25, 0.3) is 0 Å². The van der Waals surface area contributed by atoms with Crippen molar-refractivity contribution in [3.8, 4) is 5.75 Å². The maximum Gasteiger partial charge on any atom is 0.231 e. The van der Waals surface area contributed by atoms with E-state index in [-0.39, 0.29) is 11.8 Å². The highest BCUT2D eigenvalue weighted by Crippen LogP contribution is 2.38. The summed E-state index contributed by atoms with van der Waals surface area (Å²) in [6.07, 6.45) is 8.48. The second-order valence-electron chi connectivity index (χ2n) is 9.71. The molecule has 1 unspecified atom stereocenters. The van der Waals surface area contributed by atoms with Crippen LogP contribution >= 0.6 is 0 Å². The van der Waals surface area contributed by atoms with Gasteiger partial charge in [0, 0.05) is 43.1 Å². The Kier molecular flexibility index (Phi) is 7.10.